The van der Waals surface area contributed by atoms with Crippen molar-refractivity contribution in [3.05, 3.63) is 11.7 Å². The highest BCUT2D eigenvalue weighted by Crippen LogP contribution is 2.34. The van der Waals surface area contributed by atoms with Crippen LogP contribution in [0, 0.1) is 0 Å². The van der Waals surface area contributed by atoms with Crippen LogP contribution in [0.5, 0.6) is 0 Å². The van der Waals surface area contributed by atoms with Crippen LogP contribution in [0.15, 0.2) is 4.52 Å². The van der Waals surface area contributed by atoms with E-state index >= 15 is 0 Å². The second-order valence-electron chi connectivity index (χ2n) is 5.39. The molecule has 1 saturated heterocycles. The van der Waals surface area contributed by atoms with Crippen LogP contribution in [-0.4, -0.2) is 37.0 Å². The highest BCUT2D eigenvalue weighted by atomic mass is 16.5. The lowest BCUT2D eigenvalue weighted by atomic mass is 9.93. The summed E-state index contributed by atoms with van der Waals surface area (Å²) >= 11 is 0. The highest BCUT2D eigenvalue weighted by molar-refractivity contribution is 5.07. The average molecular weight is 269 g/mol. The van der Waals surface area contributed by atoms with Crippen molar-refractivity contribution in [2.75, 3.05) is 26.9 Å². The number of ether oxygens (including phenoxy) is 2. The maximum absolute atomic E-state index is 5.67. The summed E-state index contributed by atoms with van der Waals surface area (Å²) in [5, 5.41) is 7.45. The molecule has 0 saturated carbocycles. The van der Waals surface area contributed by atoms with Crippen LogP contribution in [0.4, 0.5) is 0 Å². The van der Waals surface area contributed by atoms with Crippen LogP contribution in [0.25, 0.3) is 0 Å². The highest BCUT2D eigenvalue weighted by Gasteiger charge is 2.40. The molecule has 1 aromatic heterocycles. The van der Waals surface area contributed by atoms with E-state index < -0.39 is 5.60 Å². The Bertz CT molecular complexity index is 411. The molecular weight excluding hydrogens is 246 g/mol. The maximum atomic E-state index is 5.67. The summed E-state index contributed by atoms with van der Waals surface area (Å²) in [7, 11) is 1.69. The van der Waals surface area contributed by atoms with Gasteiger partial charge in [-0.2, -0.15) is 4.98 Å². The quantitative estimate of drug-likeness (QED) is 0.875. The summed E-state index contributed by atoms with van der Waals surface area (Å²) in [5.74, 6) is 1.21. The molecule has 0 radical (unpaired) electrons. The van der Waals surface area contributed by atoms with Crippen molar-refractivity contribution in [3.8, 4) is 0 Å². The molecule has 6 nitrogen and oxygen atoms in total. The Morgan fingerprint density at radius 3 is 2.63 bits per heavy atom. The zero-order chi connectivity index (χ0) is 13.9. The minimum Gasteiger partial charge on any atom is -0.381 e. The maximum Gasteiger partial charge on any atom is 0.246 e. The molecule has 1 aliphatic rings. The van der Waals surface area contributed by atoms with Crippen molar-refractivity contribution in [2.24, 2.45) is 0 Å². The van der Waals surface area contributed by atoms with Crippen molar-refractivity contribution in [1.29, 1.82) is 0 Å². The van der Waals surface area contributed by atoms with Crippen molar-refractivity contribution in [3.63, 3.8) is 0 Å². The summed E-state index contributed by atoms with van der Waals surface area (Å²) in [5.41, 5.74) is -0.803. The average Bonchev–Trinajstić information content (AvgIpc) is 2.90. The van der Waals surface area contributed by atoms with Gasteiger partial charge in [-0.1, -0.05) is 12.1 Å². The van der Waals surface area contributed by atoms with E-state index in [0.717, 1.165) is 19.4 Å². The largest absolute Gasteiger partial charge is 0.381 e. The van der Waals surface area contributed by atoms with Crippen molar-refractivity contribution < 1.29 is 14.0 Å². The zero-order valence-corrected chi connectivity index (χ0v) is 12.2. The molecule has 108 valence electrons. The number of hydrogen-bond acceptors (Lipinski definition) is 6. The lowest BCUT2D eigenvalue weighted by Crippen LogP contribution is -2.38. The smallest absolute Gasteiger partial charge is 0.246 e. The van der Waals surface area contributed by atoms with Gasteiger partial charge in [0.1, 0.15) is 5.60 Å². The van der Waals surface area contributed by atoms with E-state index in [9.17, 15) is 0 Å². The second-order valence-corrected chi connectivity index (χ2v) is 5.39. The lowest BCUT2D eigenvalue weighted by Gasteiger charge is -2.32. The molecule has 1 N–H and O–H groups in total. The van der Waals surface area contributed by atoms with Crippen molar-refractivity contribution in [2.45, 2.75) is 44.8 Å². The van der Waals surface area contributed by atoms with Crippen molar-refractivity contribution >= 4 is 0 Å². The number of aromatic nitrogens is 2. The van der Waals surface area contributed by atoms with Gasteiger partial charge >= 0.3 is 0 Å². The lowest BCUT2D eigenvalue weighted by molar-refractivity contribution is -0.101. The van der Waals surface area contributed by atoms with Crippen LogP contribution in [0.1, 0.15) is 45.3 Å². The molecule has 2 heterocycles. The molecule has 1 aromatic rings. The molecule has 0 amide bonds. The molecule has 0 unspecified atom stereocenters. The Balaban J connectivity index is 2.24. The summed E-state index contributed by atoms with van der Waals surface area (Å²) in [6.07, 6.45) is 1.51. The Hall–Kier alpha value is -0.980. The van der Waals surface area contributed by atoms with Crippen LogP contribution >= 0.6 is 0 Å². The van der Waals surface area contributed by atoms with Crippen LogP contribution < -0.4 is 5.32 Å². The normalized spacial score (nSPS) is 19.6. The standard InChI is InChI=1S/C13H23N3O3/c1-5-14-12(2,3)11-15-10(16-19-11)13(17-4)6-8-18-9-7-13/h14H,5-9H2,1-4H3. The molecule has 0 bridgehead atoms. The first-order chi connectivity index (χ1) is 9.04. The molecule has 19 heavy (non-hydrogen) atoms. The molecular formula is C13H23N3O3. The van der Waals surface area contributed by atoms with Gasteiger partial charge in [-0.15, -0.1) is 0 Å². The van der Waals surface area contributed by atoms with E-state index in [2.05, 4.69) is 15.5 Å². The number of hydrogen-bond donors (Lipinski definition) is 1. The minimum absolute atomic E-state index is 0.333. The van der Waals surface area contributed by atoms with E-state index in [1.807, 2.05) is 20.8 Å². The molecule has 1 aliphatic heterocycles. The molecule has 0 aromatic carbocycles. The number of nitrogens with one attached hydrogen (secondary N) is 1. The molecule has 2 rings (SSSR count). The van der Waals surface area contributed by atoms with E-state index in [0.29, 0.717) is 24.9 Å². The molecule has 0 spiro atoms. The summed E-state index contributed by atoms with van der Waals surface area (Å²) in [6.45, 7) is 8.26. The first kappa shape index (κ1) is 14.4. The Labute approximate surface area is 113 Å². The summed E-state index contributed by atoms with van der Waals surface area (Å²) in [6, 6.07) is 0. The van der Waals surface area contributed by atoms with E-state index in [1.165, 1.54) is 0 Å². The fourth-order valence-corrected chi connectivity index (χ4v) is 2.40. The van der Waals surface area contributed by atoms with Gasteiger partial charge in [-0.25, -0.2) is 0 Å². The Kier molecular flexibility index (Phi) is 4.23. The van der Waals surface area contributed by atoms with Gasteiger partial charge in [0.05, 0.1) is 5.54 Å². The topological polar surface area (TPSA) is 69.4 Å². The van der Waals surface area contributed by atoms with Gasteiger partial charge in [0, 0.05) is 33.2 Å². The van der Waals surface area contributed by atoms with E-state index in [1.54, 1.807) is 7.11 Å². The fraction of sp³-hybridized carbons (Fsp3) is 0.846. The first-order valence-corrected chi connectivity index (χ1v) is 6.77. The third kappa shape index (κ3) is 2.80. The molecule has 6 heteroatoms. The summed E-state index contributed by atoms with van der Waals surface area (Å²) < 4.78 is 16.5. The third-order valence-electron chi connectivity index (χ3n) is 3.68. The van der Waals surface area contributed by atoms with Crippen LogP contribution in [0.3, 0.4) is 0 Å². The zero-order valence-electron chi connectivity index (χ0n) is 12.2. The number of rotatable bonds is 5. The van der Waals surface area contributed by atoms with Gasteiger partial charge in [-0.05, 0) is 20.4 Å². The second kappa shape index (κ2) is 5.56. The Morgan fingerprint density at radius 2 is 2.05 bits per heavy atom. The van der Waals surface area contributed by atoms with Gasteiger partial charge in [0.2, 0.25) is 11.7 Å². The van der Waals surface area contributed by atoms with Crippen molar-refractivity contribution in [1.82, 2.24) is 15.5 Å². The first-order valence-electron chi connectivity index (χ1n) is 6.77. The number of methoxy groups -OCH3 is 1. The van der Waals surface area contributed by atoms with E-state index in [-0.39, 0.29) is 5.54 Å². The SMILES string of the molecule is CCNC(C)(C)c1nc(C2(OC)CCOCC2)no1. The monoisotopic (exact) mass is 269 g/mol. The predicted molar refractivity (Wildman–Crippen MR) is 69.7 cm³/mol. The number of nitrogens with zero attached hydrogens (tertiary/aromatic N) is 2. The minimum atomic E-state index is -0.470. The van der Waals surface area contributed by atoms with Gasteiger partial charge in [0.25, 0.3) is 0 Å². The molecule has 0 aliphatic carbocycles. The fourth-order valence-electron chi connectivity index (χ4n) is 2.40. The van der Waals surface area contributed by atoms with E-state index in [4.69, 9.17) is 14.0 Å². The van der Waals surface area contributed by atoms with Crippen LogP contribution in [-0.2, 0) is 20.6 Å². The molecule has 1 fully saturated rings. The Morgan fingerprint density at radius 1 is 1.37 bits per heavy atom. The predicted octanol–water partition coefficient (Wildman–Crippen LogP) is 1.57. The van der Waals surface area contributed by atoms with Gasteiger partial charge < -0.3 is 19.3 Å². The molecule has 0 atom stereocenters. The van der Waals surface area contributed by atoms with Crippen LogP contribution in [0.2, 0.25) is 0 Å². The van der Waals surface area contributed by atoms with Gasteiger partial charge in [-0.3, -0.25) is 0 Å². The van der Waals surface area contributed by atoms with Gasteiger partial charge in [0.15, 0.2) is 0 Å². The third-order valence-corrected chi connectivity index (χ3v) is 3.68. The summed E-state index contributed by atoms with van der Waals surface area (Å²) in [4.78, 5) is 4.55.